The fourth-order valence-electron chi connectivity index (χ4n) is 2.83. The number of hydrogen-bond donors (Lipinski definition) is 1. The molecule has 3 nitrogen and oxygen atoms in total. The van der Waals surface area contributed by atoms with Crippen molar-refractivity contribution >= 4 is 5.91 Å². The van der Waals surface area contributed by atoms with Gasteiger partial charge in [-0.15, -0.1) is 0 Å². The zero-order chi connectivity index (χ0) is 14.7. The molecule has 1 N–H and O–H groups in total. The topological polar surface area (TPSA) is 32.3 Å². The van der Waals surface area contributed by atoms with Gasteiger partial charge in [-0.25, -0.2) is 0 Å². The van der Waals surface area contributed by atoms with Gasteiger partial charge in [-0.05, 0) is 31.2 Å². The summed E-state index contributed by atoms with van der Waals surface area (Å²) in [4.78, 5) is 14.7. The van der Waals surface area contributed by atoms with Crippen molar-refractivity contribution in [2.24, 2.45) is 5.92 Å². The highest BCUT2D eigenvalue weighted by Gasteiger charge is 2.40. The van der Waals surface area contributed by atoms with Crippen molar-refractivity contribution in [3.05, 3.63) is 35.9 Å². The lowest BCUT2D eigenvalue weighted by Gasteiger charge is -2.32. The molecule has 3 heteroatoms. The first-order valence-corrected chi connectivity index (χ1v) is 7.66. The molecule has 20 heavy (non-hydrogen) atoms. The number of carbonyl (C=O) groups excluding carboxylic acids is 1. The molecule has 110 valence electrons. The Hall–Kier alpha value is -1.35. The van der Waals surface area contributed by atoms with E-state index >= 15 is 0 Å². The van der Waals surface area contributed by atoms with Crippen molar-refractivity contribution in [2.75, 3.05) is 0 Å². The molecule has 0 radical (unpaired) electrons. The van der Waals surface area contributed by atoms with Crippen molar-refractivity contribution in [1.29, 1.82) is 0 Å². The van der Waals surface area contributed by atoms with E-state index in [0.29, 0.717) is 5.92 Å². The highest BCUT2D eigenvalue weighted by atomic mass is 16.2. The van der Waals surface area contributed by atoms with Crippen LogP contribution in [0.1, 0.15) is 39.7 Å². The average Bonchev–Trinajstić information content (AvgIpc) is 2.75. The number of nitrogens with one attached hydrogen (secondary N) is 1. The van der Waals surface area contributed by atoms with Gasteiger partial charge in [0.1, 0.15) is 0 Å². The Morgan fingerprint density at radius 3 is 2.40 bits per heavy atom. The molecule has 1 heterocycles. The lowest BCUT2D eigenvalue weighted by molar-refractivity contribution is -0.132. The Balaban J connectivity index is 2.12. The fourth-order valence-corrected chi connectivity index (χ4v) is 2.83. The number of nitrogens with zero attached hydrogens (tertiary/aromatic N) is 1. The molecule has 1 amide bonds. The summed E-state index contributed by atoms with van der Waals surface area (Å²) in [5.74, 6) is 0.729. The van der Waals surface area contributed by atoms with E-state index in [2.05, 4.69) is 50.0 Å². The maximum atomic E-state index is 12.7. The van der Waals surface area contributed by atoms with Gasteiger partial charge >= 0.3 is 0 Å². The van der Waals surface area contributed by atoms with E-state index in [4.69, 9.17) is 0 Å². The van der Waals surface area contributed by atoms with Crippen LogP contribution in [0.15, 0.2) is 30.3 Å². The van der Waals surface area contributed by atoms with Crippen molar-refractivity contribution in [3.63, 3.8) is 0 Å². The molecule has 2 rings (SSSR count). The van der Waals surface area contributed by atoms with Gasteiger partial charge in [0.15, 0.2) is 0 Å². The van der Waals surface area contributed by atoms with E-state index in [1.807, 2.05) is 18.2 Å². The second kappa shape index (κ2) is 6.40. The molecular weight excluding hydrogens is 248 g/mol. The molecule has 1 aliphatic heterocycles. The van der Waals surface area contributed by atoms with Crippen LogP contribution >= 0.6 is 0 Å². The fraction of sp³-hybridized carbons (Fsp3) is 0.588. The zero-order valence-corrected chi connectivity index (χ0v) is 13.0. The van der Waals surface area contributed by atoms with Crippen LogP contribution in [0.2, 0.25) is 0 Å². The molecule has 1 aliphatic rings. The first-order valence-electron chi connectivity index (χ1n) is 7.66. The maximum Gasteiger partial charge on any atom is 0.241 e. The van der Waals surface area contributed by atoms with E-state index in [0.717, 1.165) is 12.8 Å². The van der Waals surface area contributed by atoms with Gasteiger partial charge in [-0.3, -0.25) is 10.1 Å². The first-order chi connectivity index (χ1) is 9.54. The zero-order valence-electron chi connectivity index (χ0n) is 13.0. The van der Waals surface area contributed by atoms with Crippen LogP contribution < -0.4 is 5.32 Å². The summed E-state index contributed by atoms with van der Waals surface area (Å²) in [6, 6.07) is 10.4. The van der Waals surface area contributed by atoms with Gasteiger partial charge < -0.3 is 4.90 Å². The van der Waals surface area contributed by atoms with E-state index in [-0.39, 0.29) is 24.2 Å². The quantitative estimate of drug-likeness (QED) is 0.895. The van der Waals surface area contributed by atoms with Gasteiger partial charge in [0.2, 0.25) is 5.91 Å². The van der Waals surface area contributed by atoms with E-state index < -0.39 is 0 Å². The Morgan fingerprint density at radius 1 is 1.20 bits per heavy atom. The molecule has 0 aliphatic carbocycles. The lowest BCUT2D eigenvalue weighted by atomic mass is 10.0. The van der Waals surface area contributed by atoms with Gasteiger partial charge in [0, 0.05) is 6.04 Å². The second-order valence-electron chi connectivity index (χ2n) is 6.06. The average molecular weight is 274 g/mol. The highest BCUT2D eigenvalue weighted by molar-refractivity contribution is 5.85. The third-order valence-electron chi connectivity index (χ3n) is 4.35. The normalized spacial score (nSPS) is 24.4. The minimum Gasteiger partial charge on any atom is -0.323 e. The summed E-state index contributed by atoms with van der Waals surface area (Å²) in [5.41, 5.74) is 1.22. The predicted molar refractivity (Wildman–Crippen MR) is 82.3 cm³/mol. The number of hydrogen-bond acceptors (Lipinski definition) is 2. The third kappa shape index (κ3) is 3.04. The Bertz CT molecular complexity index is 444. The predicted octanol–water partition coefficient (Wildman–Crippen LogP) is 2.81. The number of benzene rings is 1. The van der Waals surface area contributed by atoms with Gasteiger partial charge in [-0.1, -0.05) is 51.1 Å². The summed E-state index contributed by atoms with van der Waals surface area (Å²) < 4.78 is 0. The molecule has 1 aromatic carbocycles. The largest absolute Gasteiger partial charge is 0.323 e. The van der Waals surface area contributed by atoms with Crippen molar-refractivity contribution in [3.8, 4) is 0 Å². The molecular formula is C17H26N2O. The van der Waals surface area contributed by atoms with Crippen LogP contribution in [0.25, 0.3) is 0 Å². The lowest BCUT2D eigenvalue weighted by Crippen LogP contribution is -2.45. The van der Waals surface area contributed by atoms with E-state index in [1.165, 1.54) is 5.56 Å². The smallest absolute Gasteiger partial charge is 0.241 e. The van der Waals surface area contributed by atoms with Crippen molar-refractivity contribution < 1.29 is 4.79 Å². The summed E-state index contributed by atoms with van der Waals surface area (Å²) in [7, 11) is 0. The van der Waals surface area contributed by atoms with Gasteiger partial charge in [0.25, 0.3) is 0 Å². The molecule has 1 aromatic rings. The maximum absolute atomic E-state index is 12.7. The summed E-state index contributed by atoms with van der Waals surface area (Å²) in [6.07, 6.45) is 1.90. The molecule has 3 unspecified atom stereocenters. The van der Waals surface area contributed by atoms with Crippen LogP contribution in [0.4, 0.5) is 0 Å². The molecule has 1 fully saturated rings. The second-order valence-corrected chi connectivity index (χ2v) is 6.06. The number of rotatable bonds is 5. The summed E-state index contributed by atoms with van der Waals surface area (Å²) >= 11 is 0. The minimum absolute atomic E-state index is 0.0800. The third-order valence-corrected chi connectivity index (χ3v) is 4.35. The molecule has 0 saturated carbocycles. The van der Waals surface area contributed by atoms with Crippen LogP contribution in [0.5, 0.6) is 0 Å². The standard InChI is InChI=1S/C17H26N2O/c1-5-16-18-15(11-14-9-7-6-8-10-14)17(20)19(16)13(4)12(2)3/h6-10,12-13,15-16,18H,5,11H2,1-4H3. The van der Waals surface area contributed by atoms with Crippen LogP contribution in [0.3, 0.4) is 0 Å². The first kappa shape index (κ1) is 15.0. The van der Waals surface area contributed by atoms with Gasteiger partial charge in [-0.2, -0.15) is 0 Å². The highest BCUT2D eigenvalue weighted by Crippen LogP contribution is 2.23. The van der Waals surface area contributed by atoms with E-state index in [9.17, 15) is 4.79 Å². The summed E-state index contributed by atoms with van der Waals surface area (Å²) in [5, 5.41) is 3.50. The van der Waals surface area contributed by atoms with Crippen LogP contribution in [-0.4, -0.2) is 29.1 Å². The van der Waals surface area contributed by atoms with Gasteiger partial charge in [0.05, 0.1) is 12.2 Å². The van der Waals surface area contributed by atoms with Crippen LogP contribution in [0, 0.1) is 5.92 Å². The Kier molecular flexibility index (Phi) is 4.81. The Morgan fingerprint density at radius 2 is 1.85 bits per heavy atom. The van der Waals surface area contributed by atoms with Crippen LogP contribution in [-0.2, 0) is 11.2 Å². The number of carbonyl (C=O) groups is 1. The minimum atomic E-state index is -0.0800. The SMILES string of the molecule is CCC1NC(Cc2ccccc2)C(=O)N1C(C)C(C)C. The van der Waals surface area contributed by atoms with E-state index in [1.54, 1.807) is 0 Å². The Labute approximate surface area is 122 Å². The number of amides is 1. The molecule has 0 aromatic heterocycles. The molecule has 0 bridgehead atoms. The molecule has 0 spiro atoms. The van der Waals surface area contributed by atoms with Crippen molar-refractivity contribution in [1.82, 2.24) is 10.2 Å². The summed E-state index contributed by atoms with van der Waals surface area (Å²) in [6.45, 7) is 8.64. The molecule has 3 atom stereocenters. The monoisotopic (exact) mass is 274 g/mol. The molecule has 1 saturated heterocycles. The van der Waals surface area contributed by atoms with Crippen molar-refractivity contribution in [2.45, 2.75) is 58.8 Å².